The number of likely N-dealkylation sites (N-methyl/N-ethyl adjacent to an activating group) is 1. The summed E-state index contributed by atoms with van der Waals surface area (Å²) in [6, 6.07) is 3.76. The number of nitrogens with zero attached hydrogens (tertiary/aromatic N) is 3. The SMILES string of the molecule is CN(CC(C)(C)O)c1cnccc1C#N. The van der Waals surface area contributed by atoms with Gasteiger partial charge in [-0.3, -0.25) is 4.98 Å². The molecular weight excluding hydrogens is 190 g/mol. The summed E-state index contributed by atoms with van der Waals surface area (Å²) >= 11 is 0. The molecule has 0 aliphatic heterocycles. The van der Waals surface area contributed by atoms with Gasteiger partial charge in [0.05, 0.1) is 23.0 Å². The highest BCUT2D eigenvalue weighted by Gasteiger charge is 2.17. The molecule has 0 fully saturated rings. The average molecular weight is 205 g/mol. The molecule has 1 rings (SSSR count). The summed E-state index contributed by atoms with van der Waals surface area (Å²) in [6.07, 6.45) is 3.21. The lowest BCUT2D eigenvalue weighted by atomic mass is 10.1. The Labute approximate surface area is 89.8 Å². The van der Waals surface area contributed by atoms with E-state index in [2.05, 4.69) is 11.1 Å². The lowest BCUT2D eigenvalue weighted by Gasteiger charge is -2.27. The van der Waals surface area contributed by atoms with Crippen LogP contribution in [-0.2, 0) is 0 Å². The van der Waals surface area contributed by atoms with Crippen LogP contribution < -0.4 is 4.90 Å². The molecule has 4 nitrogen and oxygen atoms in total. The Morgan fingerprint density at radius 1 is 1.60 bits per heavy atom. The highest BCUT2D eigenvalue weighted by molar-refractivity contribution is 5.57. The Morgan fingerprint density at radius 3 is 2.80 bits per heavy atom. The second-order valence-electron chi connectivity index (χ2n) is 4.17. The van der Waals surface area contributed by atoms with Crippen LogP contribution in [0.1, 0.15) is 19.4 Å². The van der Waals surface area contributed by atoms with Crippen molar-refractivity contribution in [2.75, 3.05) is 18.5 Å². The second kappa shape index (κ2) is 4.28. The van der Waals surface area contributed by atoms with Crippen LogP contribution in [0.2, 0.25) is 0 Å². The van der Waals surface area contributed by atoms with Gasteiger partial charge in [-0.05, 0) is 19.9 Å². The van der Waals surface area contributed by atoms with E-state index in [1.54, 1.807) is 32.3 Å². The number of hydrogen-bond donors (Lipinski definition) is 1. The molecule has 1 N–H and O–H groups in total. The van der Waals surface area contributed by atoms with Crippen molar-refractivity contribution in [3.05, 3.63) is 24.0 Å². The van der Waals surface area contributed by atoms with E-state index in [0.717, 1.165) is 5.69 Å². The Balaban J connectivity index is 2.92. The number of hydrogen-bond acceptors (Lipinski definition) is 4. The first-order valence-corrected chi connectivity index (χ1v) is 4.71. The number of aromatic nitrogens is 1. The molecule has 0 aliphatic carbocycles. The van der Waals surface area contributed by atoms with Gasteiger partial charge in [0.15, 0.2) is 0 Å². The van der Waals surface area contributed by atoms with Gasteiger partial charge < -0.3 is 10.0 Å². The summed E-state index contributed by atoms with van der Waals surface area (Å²) < 4.78 is 0. The summed E-state index contributed by atoms with van der Waals surface area (Å²) in [5, 5.41) is 18.6. The maximum atomic E-state index is 9.67. The van der Waals surface area contributed by atoms with Gasteiger partial charge in [0.2, 0.25) is 0 Å². The Morgan fingerprint density at radius 2 is 2.27 bits per heavy atom. The van der Waals surface area contributed by atoms with Crippen molar-refractivity contribution in [1.29, 1.82) is 5.26 Å². The Hall–Kier alpha value is -1.60. The van der Waals surface area contributed by atoms with Crippen LogP contribution in [-0.4, -0.2) is 29.3 Å². The molecule has 0 bridgehead atoms. The molecule has 0 unspecified atom stereocenters. The minimum Gasteiger partial charge on any atom is -0.389 e. The third kappa shape index (κ3) is 3.22. The monoisotopic (exact) mass is 205 g/mol. The van der Waals surface area contributed by atoms with Crippen molar-refractivity contribution in [3.63, 3.8) is 0 Å². The number of rotatable bonds is 3. The van der Waals surface area contributed by atoms with Gasteiger partial charge in [-0.1, -0.05) is 0 Å². The van der Waals surface area contributed by atoms with Crippen molar-refractivity contribution >= 4 is 5.69 Å². The van der Waals surface area contributed by atoms with Crippen LogP contribution in [0.15, 0.2) is 18.5 Å². The van der Waals surface area contributed by atoms with Crippen LogP contribution in [0.5, 0.6) is 0 Å². The lowest BCUT2D eigenvalue weighted by Crippen LogP contribution is -2.36. The fraction of sp³-hybridized carbons (Fsp3) is 0.455. The molecule has 0 amide bonds. The number of aliphatic hydroxyl groups is 1. The van der Waals surface area contributed by atoms with E-state index in [9.17, 15) is 5.11 Å². The maximum Gasteiger partial charge on any atom is 0.101 e. The molecule has 0 aliphatic rings. The number of anilines is 1. The smallest absolute Gasteiger partial charge is 0.101 e. The summed E-state index contributed by atoms with van der Waals surface area (Å²) in [4.78, 5) is 5.79. The predicted octanol–water partition coefficient (Wildman–Crippen LogP) is 1.16. The number of nitriles is 1. The lowest BCUT2D eigenvalue weighted by molar-refractivity contribution is 0.0886. The van der Waals surface area contributed by atoms with E-state index in [-0.39, 0.29) is 0 Å². The fourth-order valence-electron chi connectivity index (χ4n) is 1.45. The molecule has 0 aromatic carbocycles. The van der Waals surface area contributed by atoms with E-state index in [1.807, 2.05) is 11.9 Å². The zero-order valence-corrected chi connectivity index (χ0v) is 9.23. The molecule has 4 heteroatoms. The molecule has 1 aromatic rings. The van der Waals surface area contributed by atoms with E-state index in [0.29, 0.717) is 12.1 Å². The van der Waals surface area contributed by atoms with Crippen molar-refractivity contribution in [2.45, 2.75) is 19.4 Å². The van der Waals surface area contributed by atoms with Gasteiger partial charge in [-0.25, -0.2) is 0 Å². The van der Waals surface area contributed by atoms with E-state index < -0.39 is 5.60 Å². The molecule has 80 valence electrons. The standard InChI is InChI=1S/C11H15N3O/c1-11(2,15)8-14(3)10-7-13-5-4-9(10)6-12/h4-5,7,15H,8H2,1-3H3. The summed E-state index contributed by atoms with van der Waals surface area (Å²) in [5.41, 5.74) is 0.510. The highest BCUT2D eigenvalue weighted by Crippen LogP contribution is 2.18. The molecule has 1 heterocycles. The molecule has 0 atom stereocenters. The molecule has 15 heavy (non-hydrogen) atoms. The maximum absolute atomic E-state index is 9.67. The van der Waals surface area contributed by atoms with Crippen molar-refractivity contribution in [1.82, 2.24) is 4.98 Å². The zero-order chi connectivity index (χ0) is 11.5. The van der Waals surface area contributed by atoms with Crippen LogP contribution >= 0.6 is 0 Å². The fourth-order valence-corrected chi connectivity index (χ4v) is 1.45. The first kappa shape index (κ1) is 11.5. The Bertz CT molecular complexity index is 376. The van der Waals surface area contributed by atoms with Gasteiger partial charge in [0.25, 0.3) is 0 Å². The molecular formula is C11H15N3O. The van der Waals surface area contributed by atoms with Gasteiger partial charge in [-0.2, -0.15) is 5.26 Å². The van der Waals surface area contributed by atoms with E-state index in [1.165, 1.54) is 0 Å². The predicted molar refractivity (Wildman–Crippen MR) is 58.5 cm³/mol. The van der Waals surface area contributed by atoms with E-state index >= 15 is 0 Å². The zero-order valence-electron chi connectivity index (χ0n) is 9.23. The average Bonchev–Trinajstić information content (AvgIpc) is 2.15. The van der Waals surface area contributed by atoms with E-state index in [4.69, 9.17) is 5.26 Å². The van der Waals surface area contributed by atoms with Crippen molar-refractivity contribution in [2.24, 2.45) is 0 Å². The topological polar surface area (TPSA) is 60.1 Å². The highest BCUT2D eigenvalue weighted by atomic mass is 16.3. The minimum atomic E-state index is -0.794. The van der Waals surface area contributed by atoms with Gasteiger partial charge in [0.1, 0.15) is 6.07 Å². The number of pyridine rings is 1. The van der Waals surface area contributed by atoms with Crippen LogP contribution in [0.25, 0.3) is 0 Å². The van der Waals surface area contributed by atoms with Gasteiger partial charge in [0, 0.05) is 19.8 Å². The second-order valence-corrected chi connectivity index (χ2v) is 4.17. The Kier molecular flexibility index (Phi) is 3.28. The first-order chi connectivity index (χ1) is 6.94. The molecule has 0 spiro atoms. The summed E-state index contributed by atoms with van der Waals surface area (Å²) in [7, 11) is 1.83. The molecule has 0 saturated heterocycles. The van der Waals surface area contributed by atoms with Gasteiger partial charge >= 0.3 is 0 Å². The molecule has 1 aromatic heterocycles. The molecule has 0 saturated carbocycles. The first-order valence-electron chi connectivity index (χ1n) is 4.71. The van der Waals surface area contributed by atoms with Crippen LogP contribution in [0, 0.1) is 11.3 Å². The third-order valence-corrected chi connectivity index (χ3v) is 1.96. The normalized spacial score (nSPS) is 10.9. The third-order valence-electron chi connectivity index (χ3n) is 1.96. The largest absolute Gasteiger partial charge is 0.389 e. The van der Waals surface area contributed by atoms with Crippen LogP contribution in [0.4, 0.5) is 5.69 Å². The van der Waals surface area contributed by atoms with Crippen LogP contribution in [0.3, 0.4) is 0 Å². The van der Waals surface area contributed by atoms with Crippen molar-refractivity contribution in [3.8, 4) is 6.07 Å². The summed E-state index contributed by atoms with van der Waals surface area (Å²) in [6.45, 7) is 3.91. The van der Waals surface area contributed by atoms with Crippen molar-refractivity contribution < 1.29 is 5.11 Å². The molecule has 0 radical (unpaired) electrons. The minimum absolute atomic E-state index is 0.452. The summed E-state index contributed by atoms with van der Waals surface area (Å²) in [5.74, 6) is 0. The quantitative estimate of drug-likeness (QED) is 0.804. The van der Waals surface area contributed by atoms with Gasteiger partial charge in [-0.15, -0.1) is 0 Å².